The van der Waals surface area contributed by atoms with Crippen LogP contribution in [-0.4, -0.2) is 27.6 Å². The van der Waals surface area contributed by atoms with Crippen molar-refractivity contribution in [1.29, 1.82) is 0 Å². The number of allylic oxidation sites excluding steroid dienone is 1. The lowest BCUT2D eigenvalue weighted by molar-refractivity contribution is 0.161. The van der Waals surface area contributed by atoms with Crippen molar-refractivity contribution in [1.82, 2.24) is 9.88 Å². The largest absolute Gasteiger partial charge is 0.465 e. The highest BCUT2D eigenvalue weighted by atomic mass is 16.4. The van der Waals surface area contributed by atoms with E-state index in [9.17, 15) is 9.70 Å². The summed E-state index contributed by atoms with van der Waals surface area (Å²) in [5.74, 6) is 0.125. The van der Waals surface area contributed by atoms with Crippen molar-refractivity contribution in [3.63, 3.8) is 0 Å². The summed E-state index contributed by atoms with van der Waals surface area (Å²) < 4.78 is 0. The van der Waals surface area contributed by atoms with Crippen LogP contribution < -0.4 is 0 Å². The SMILES string of the molecule is O=Nc1ccc(C2=CN(C(=O)O)CCC2)cn1. The number of carboxylic acid groups (broad SMARTS) is 1. The van der Waals surface area contributed by atoms with Gasteiger partial charge in [0.05, 0.1) is 0 Å². The number of carbonyl (C=O) groups is 1. The van der Waals surface area contributed by atoms with E-state index in [1.165, 1.54) is 17.2 Å². The molecule has 0 spiro atoms. The number of aromatic nitrogens is 1. The number of pyridine rings is 1. The molecule has 2 heterocycles. The summed E-state index contributed by atoms with van der Waals surface area (Å²) in [5, 5.41) is 11.6. The Labute approximate surface area is 97.6 Å². The molecular weight excluding hydrogens is 222 g/mol. The van der Waals surface area contributed by atoms with Crippen LogP contribution in [0.3, 0.4) is 0 Å². The summed E-state index contributed by atoms with van der Waals surface area (Å²) in [7, 11) is 0. The fourth-order valence-electron chi connectivity index (χ4n) is 1.76. The van der Waals surface area contributed by atoms with E-state index in [4.69, 9.17) is 5.11 Å². The van der Waals surface area contributed by atoms with Gasteiger partial charge in [0.15, 0.2) is 5.82 Å². The monoisotopic (exact) mass is 233 g/mol. The molecule has 1 aromatic rings. The third-order valence-electron chi connectivity index (χ3n) is 2.61. The Morgan fingerprint density at radius 2 is 2.29 bits per heavy atom. The molecule has 0 fully saturated rings. The van der Waals surface area contributed by atoms with Gasteiger partial charge in [-0.3, -0.25) is 4.90 Å². The van der Waals surface area contributed by atoms with Gasteiger partial charge in [-0.2, -0.15) is 0 Å². The number of amides is 1. The maximum absolute atomic E-state index is 10.8. The molecule has 6 heteroatoms. The van der Waals surface area contributed by atoms with Gasteiger partial charge >= 0.3 is 6.09 Å². The Morgan fingerprint density at radius 3 is 2.88 bits per heavy atom. The lowest BCUT2D eigenvalue weighted by atomic mass is 10.0. The van der Waals surface area contributed by atoms with Crippen molar-refractivity contribution in [2.75, 3.05) is 6.54 Å². The zero-order valence-corrected chi connectivity index (χ0v) is 9.04. The van der Waals surface area contributed by atoms with Crippen LogP contribution >= 0.6 is 0 Å². The van der Waals surface area contributed by atoms with Crippen molar-refractivity contribution in [3.05, 3.63) is 35.0 Å². The van der Waals surface area contributed by atoms with Crippen molar-refractivity contribution in [3.8, 4) is 0 Å². The number of nitrogens with zero attached hydrogens (tertiary/aromatic N) is 3. The van der Waals surface area contributed by atoms with Crippen LogP contribution in [0.25, 0.3) is 5.57 Å². The highest BCUT2D eigenvalue weighted by Crippen LogP contribution is 2.25. The Bertz CT molecular complexity index is 467. The highest BCUT2D eigenvalue weighted by Gasteiger charge is 2.16. The zero-order chi connectivity index (χ0) is 12.3. The summed E-state index contributed by atoms with van der Waals surface area (Å²) >= 11 is 0. The molecule has 0 saturated heterocycles. The van der Waals surface area contributed by atoms with E-state index < -0.39 is 6.09 Å². The number of hydrogen-bond acceptors (Lipinski definition) is 4. The molecular formula is C11H11N3O3. The fourth-order valence-corrected chi connectivity index (χ4v) is 1.76. The Hall–Kier alpha value is -2.24. The minimum Gasteiger partial charge on any atom is -0.465 e. The average molecular weight is 233 g/mol. The van der Waals surface area contributed by atoms with Gasteiger partial charge in [-0.15, -0.1) is 4.91 Å². The molecule has 2 rings (SSSR count). The zero-order valence-electron chi connectivity index (χ0n) is 9.04. The van der Waals surface area contributed by atoms with Gasteiger partial charge in [0, 0.05) is 18.9 Å². The molecule has 17 heavy (non-hydrogen) atoms. The summed E-state index contributed by atoms with van der Waals surface area (Å²) in [6, 6.07) is 3.24. The van der Waals surface area contributed by atoms with Crippen LogP contribution in [0.2, 0.25) is 0 Å². The molecule has 1 aliphatic rings. The van der Waals surface area contributed by atoms with Crippen LogP contribution in [0.15, 0.2) is 29.7 Å². The molecule has 0 unspecified atom stereocenters. The topological polar surface area (TPSA) is 82.9 Å². The van der Waals surface area contributed by atoms with Crippen molar-refractivity contribution in [2.45, 2.75) is 12.8 Å². The second-order valence-electron chi connectivity index (χ2n) is 3.73. The van der Waals surface area contributed by atoms with Crippen LogP contribution in [0.4, 0.5) is 10.6 Å². The molecule has 0 aromatic carbocycles. The first-order chi connectivity index (χ1) is 8.20. The maximum Gasteiger partial charge on any atom is 0.411 e. The standard InChI is InChI=1S/C11H11N3O3/c15-11(16)14-5-1-2-9(7-14)8-3-4-10(13-17)12-6-8/h3-4,6-7H,1-2,5H2,(H,15,16). The first kappa shape index (κ1) is 11.3. The van der Waals surface area contributed by atoms with Gasteiger partial charge in [-0.05, 0) is 41.3 Å². The van der Waals surface area contributed by atoms with Gasteiger partial charge in [0.2, 0.25) is 0 Å². The second kappa shape index (κ2) is 4.73. The molecule has 0 bridgehead atoms. The van der Waals surface area contributed by atoms with Crippen LogP contribution in [0.1, 0.15) is 18.4 Å². The van der Waals surface area contributed by atoms with E-state index in [1.807, 2.05) is 0 Å². The molecule has 88 valence electrons. The summed E-state index contributed by atoms with van der Waals surface area (Å²) in [4.78, 5) is 26.2. The van der Waals surface area contributed by atoms with E-state index >= 15 is 0 Å². The van der Waals surface area contributed by atoms with Gasteiger partial charge in [-0.1, -0.05) is 0 Å². The van der Waals surface area contributed by atoms with E-state index in [1.54, 1.807) is 12.3 Å². The lowest BCUT2D eigenvalue weighted by Crippen LogP contribution is -2.27. The first-order valence-corrected chi connectivity index (χ1v) is 5.21. The van der Waals surface area contributed by atoms with Gasteiger partial charge in [0.25, 0.3) is 0 Å². The molecule has 1 N–H and O–H groups in total. The minimum absolute atomic E-state index is 0.125. The lowest BCUT2D eigenvalue weighted by Gasteiger charge is -2.22. The summed E-state index contributed by atoms with van der Waals surface area (Å²) in [6.07, 6.45) is 3.77. The van der Waals surface area contributed by atoms with Crippen molar-refractivity contribution >= 4 is 17.5 Å². The average Bonchev–Trinajstić information content (AvgIpc) is 2.39. The molecule has 0 atom stereocenters. The number of hydrogen-bond donors (Lipinski definition) is 1. The molecule has 6 nitrogen and oxygen atoms in total. The fraction of sp³-hybridized carbons (Fsp3) is 0.273. The molecule has 0 radical (unpaired) electrons. The normalized spacial score (nSPS) is 15.3. The Kier molecular flexibility index (Phi) is 3.13. The molecule has 0 saturated carbocycles. The first-order valence-electron chi connectivity index (χ1n) is 5.21. The van der Waals surface area contributed by atoms with Gasteiger partial charge in [-0.25, -0.2) is 9.78 Å². The van der Waals surface area contributed by atoms with Crippen molar-refractivity contribution < 1.29 is 9.90 Å². The predicted molar refractivity (Wildman–Crippen MR) is 61.6 cm³/mol. The smallest absolute Gasteiger partial charge is 0.411 e. The molecule has 1 aliphatic heterocycles. The Morgan fingerprint density at radius 1 is 1.47 bits per heavy atom. The van der Waals surface area contributed by atoms with Gasteiger partial charge < -0.3 is 5.11 Å². The van der Waals surface area contributed by atoms with Gasteiger partial charge in [0.1, 0.15) is 0 Å². The molecule has 1 amide bonds. The van der Waals surface area contributed by atoms with E-state index in [0.717, 1.165) is 24.0 Å². The highest BCUT2D eigenvalue weighted by molar-refractivity contribution is 5.73. The second-order valence-corrected chi connectivity index (χ2v) is 3.73. The van der Waals surface area contributed by atoms with Crippen LogP contribution in [0.5, 0.6) is 0 Å². The molecule has 1 aromatic heterocycles. The maximum atomic E-state index is 10.8. The van der Waals surface area contributed by atoms with Crippen molar-refractivity contribution in [2.24, 2.45) is 5.18 Å². The minimum atomic E-state index is -0.957. The van der Waals surface area contributed by atoms with E-state index in [2.05, 4.69) is 10.2 Å². The number of nitroso groups, excluding NO2 is 1. The van der Waals surface area contributed by atoms with Crippen LogP contribution in [0, 0.1) is 4.91 Å². The molecule has 0 aliphatic carbocycles. The summed E-state index contributed by atoms with van der Waals surface area (Å²) in [6.45, 7) is 0.514. The summed E-state index contributed by atoms with van der Waals surface area (Å²) in [5.41, 5.74) is 1.73. The Balaban J connectivity index is 2.26. The quantitative estimate of drug-likeness (QED) is 0.796. The van der Waals surface area contributed by atoms with E-state index in [0.29, 0.717) is 6.54 Å². The number of rotatable bonds is 2. The third kappa shape index (κ3) is 2.47. The third-order valence-corrected chi connectivity index (χ3v) is 2.61. The van der Waals surface area contributed by atoms with Crippen LogP contribution in [-0.2, 0) is 0 Å². The predicted octanol–water partition coefficient (Wildman–Crippen LogP) is 2.59. The van der Waals surface area contributed by atoms with E-state index in [-0.39, 0.29) is 5.82 Å².